The van der Waals surface area contributed by atoms with Crippen LogP contribution >= 0.6 is 0 Å². The van der Waals surface area contributed by atoms with Crippen molar-refractivity contribution in [2.45, 2.75) is 88.4 Å². The smallest absolute Gasteiger partial charge is 0.243 e. The van der Waals surface area contributed by atoms with Crippen LogP contribution < -0.4 is 10.9 Å². The van der Waals surface area contributed by atoms with Gasteiger partial charge in [-0.1, -0.05) is 59.7 Å². The van der Waals surface area contributed by atoms with Crippen molar-refractivity contribution in [2.75, 3.05) is 14.1 Å². The third-order valence-electron chi connectivity index (χ3n) is 10.5. The lowest BCUT2D eigenvalue weighted by atomic mass is 9.75. The number of piperidine rings is 2. The van der Waals surface area contributed by atoms with Gasteiger partial charge in [-0.15, -0.1) is 0 Å². The molecule has 202 valence electrons. The zero-order valence-electron chi connectivity index (χ0n) is 23.2. The fourth-order valence-electron chi connectivity index (χ4n) is 8.25. The van der Waals surface area contributed by atoms with Crippen molar-refractivity contribution in [3.63, 3.8) is 0 Å². The number of fused-ring (bicyclic) bond motifs is 4. The van der Waals surface area contributed by atoms with Gasteiger partial charge in [0.25, 0.3) is 0 Å². The lowest BCUT2D eigenvalue weighted by Crippen LogP contribution is -2.58. The summed E-state index contributed by atoms with van der Waals surface area (Å²) in [5, 5.41) is 0. The highest BCUT2D eigenvalue weighted by atomic mass is 16.2. The maximum atomic E-state index is 13.8. The molecule has 0 aromatic heterocycles. The average Bonchev–Trinajstić information content (AvgIpc) is 3.27. The quantitative estimate of drug-likeness (QED) is 0.598. The van der Waals surface area contributed by atoms with Gasteiger partial charge in [0, 0.05) is 24.2 Å². The largest absolute Gasteiger partial charge is 0.300 e. The van der Waals surface area contributed by atoms with E-state index in [0.29, 0.717) is 12.1 Å². The molecular formula is C32H42N4O2. The number of nitrogens with one attached hydrogen (secondary N) is 2. The molecule has 2 amide bonds. The van der Waals surface area contributed by atoms with Gasteiger partial charge in [0.1, 0.15) is 0 Å². The second-order valence-corrected chi connectivity index (χ2v) is 12.5. The van der Waals surface area contributed by atoms with Crippen molar-refractivity contribution < 1.29 is 9.59 Å². The van der Waals surface area contributed by atoms with Crippen LogP contribution in [0.3, 0.4) is 0 Å². The van der Waals surface area contributed by atoms with Crippen LogP contribution in [0, 0.1) is 25.7 Å². The minimum Gasteiger partial charge on any atom is -0.300 e. The summed E-state index contributed by atoms with van der Waals surface area (Å²) in [6.07, 6.45) is 6.29. The number of amides is 2. The molecule has 4 aliphatic rings. The molecule has 4 fully saturated rings. The molecule has 6 heteroatoms. The van der Waals surface area contributed by atoms with Gasteiger partial charge in [-0.25, -0.2) is 0 Å². The second-order valence-electron chi connectivity index (χ2n) is 12.5. The summed E-state index contributed by atoms with van der Waals surface area (Å²) in [7, 11) is 4.32. The first-order valence-corrected chi connectivity index (χ1v) is 14.5. The Morgan fingerprint density at radius 1 is 0.632 bits per heavy atom. The minimum absolute atomic E-state index is 0.0542. The number of aryl methyl sites for hydroxylation is 2. The summed E-state index contributed by atoms with van der Waals surface area (Å²) < 4.78 is 0. The van der Waals surface area contributed by atoms with Crippen LogP contribution in [0.4, 0.5) is 0 Å². The Morgan fingerprint density at radius 2 is 1.00 bits per heavy atom. The predicted molar refractivity (Wildman–Crippen MR) is 149 cm³/mol. The van der Waals surface area contributed by atoms with Crippen molar-refractivity contribution in [3.8, 4) is 0 Å². The number of carbonyl (C=O) groups excluding carboxylic acids is 2. The van der Waals surface area contributed by atoms with Crippen LogP contribution in [0.15, 0.2) is 48.5 Å². The summed E-state index contributed by atoms with van der Waals surface area (Å²) in [4.78, 5) is 32.4. The molecule has 2 aromatic carbocycles. The zero-order valence-corrected chi connectivity index (χ0v) is 23.2. The van der Waals surface area contributed by atoms with Gasteiger partial charge in [0.2, 0.25) is 11.8 Å². The highest BCUT2D eigenvalue weighted by Gasteiger charge is 2.51. The number of hydrogen-bond acceptors (Lipinski definition) is 4. The van der Waals surface area contributed by atoms with Gasteiger partial charge in [-0.2, -0.15) is 0 Å². The topological polar surface area (TPSA) is 64.7 Å². The third-order valence-corrected chi connectivity index (χ3v) is 10.5. The van der Waals surface area contributed by atoms with E-state index in [4.69, 9.17) is 0 Å². The molecule has 6 rings (SSSR count). The number of hydrogen-bond donors (Lipinski definition) is 2. The molecule has 38 heavy (non-hydrogen) atoms. The molecule has 4 saturated heterocycles. The van der Waals surface area contributed by atoms with E-state index >= 15 is 0 Å². The van der Waals surface area contributed by atoms with E-state index in [1.54, 1.807) is 0 Å². The van der Waals surface area contributed by atoms with Gasteiger partial charge < -0.3 is 0 Å². The number of carbonyl (C=O) groups is 2. The van der Waals surface area contributed by atoms with E-state index in [1.165, 1.54) is 22.3 Å². The Balaban J connectivity index is 1.21. The van der Waals surface area contributed by atoms with E-state index in [9.17, 15) is 9.59 Å². The van der Waals surface area contributed by atoms with Crippen LogP contribution in [-0.4, -0.2) is 59.9 Å². The van der Waals surface area contributed by atoms with Crippen molar-refractivity contribution in [3.05, 3.63) is 70.8 Å². The fraction of sp³-hybridized carbons (Fsp3) is 0.562. The minimum atomic E-state index is -0.181. The molecule has 2 aromatic rings. The van der Waals surface area contributed by atoms with Crippen molar-refractivity contribution in [1.29, 1.82) is 0 Å². The Hall–Kier alpha value is -2.70. The Kier molecular flexibility index (Phi) is 6.81. The first-order valence-electron chi connectivity index (χ1n) is 14.5. The normalized spacial score (nSPS) is 34.7. The zero-order chi connectivity index (χ0) is 26.6. The van der Waals surface area contributed by atoms with Crippen LogP contribution in [0.2, 0.25) is 0 Å². The monoisotopic (exact) mass is 514 g/mol. The van der Waals surface area contributed by atoms with E-state index in [0.717, 1.165) is 38.5 Å². The predicted octanol–water partition coefficient (Wildman–Crippen LogP) is 4.28. The molecule has 4 aliphatic heterocycles. The molecule has 0 radical (unpaired) electrons. The summed E-state index contributed by atoms with van der Waals surface area (Å²) >= 11 is 0. The van der Waals surface area contributed by atoms with Gasteiger partial charge in [-0.05, 0) is 89.4 Å². The molecular weight excluding hydrogens is 472 g/mol. The molecule has 4 bridgehead atoms. The van der Waals surface area contributed by atoms with Crippen molar-refractivity contribution in [2.24, 2.45) is 11.8 Å². The lowest BCUT2D eigenvalue weighted by molar-refractivity contribution is -0.137. The summed E-state index contributed by atoms with van der Waals surface area (Å²) in [6, 6.07) is 18.8. The van der Waals surface area contributed by atoms with E-state index in [-0.39, 0.29) is 47.6 Å². The Bertz CT molecular complexity index is 1090. The highest BCUT2D eigenvalue weighted by Crippen LogP contribution is 2.47. The third kappa shape index (κ3) is 4.46. The van der Waals surface area contributed by atoms with E-state index in [2.05, 4.69) is 97.1 Å². The number of rotatable bonds is 4. The number of hydrazine groups is 1. The Morgan fingerprint density at radius 3 is 1.37 bits per heavy atom. The first kappa shape index (κ1) is 25.6. The second kappa shape index (κ2) is 10.1. The highest BCUT2D eigenvalue weighted by molar-refractivity contribution is 5.86. The molecule has 8 atom stereocenters. The molecule has 0 saturated carbocycles. The first-order chi connectivity index (χ1) is 18.3. The lowest BCUT2D eigenvalue weighted by Gasteiger charge is -2.43. The van der Waals surface area contributed by atoms with Gasteiger partial charge >= 0.3 is 0 Å². The molecule has 0 aliphatic carbocycles. The van der Waals surface area contributed by atoms with E-state index < -0.39 is 0 Å². The van der Waals surface area contributed by atoms with Crippen LogP contribution in [-0.2, 0) is 9.59 Å². The standard InChI is InChI=1S/C32H42N4O2/c1-19-5-9-21(10-6-19)25-17-23-13-15-27(35(23)3)29(25)31(37)33-34-32(38)30-26(22-11-7-20(2)8-12-22)18-24-14-16-28(30)36(24)4/h5-12,23-30H,13-18H2,1-4H3,(H,33,37)(H,34,38)/t23-,24+,25-,26+,27?,28?,29?,30?. The van der Waals surface area contributed by atoms with Crippen LogP contribution in [0.1, 0.15) is 72.6 Å². The van der Waals surface area contributed by atoms with Crippen molar-refractivity contribution >= 4 is 11.8 Å². The molecule has 4 heterocycles. The molecule has 2 N–H and O–H groups in total. The maximum absolute atomic E-state index is 13.8. The average molecular weight is 515 g/mol. The van der Waals surface area contributed by atoms with Gasteiger partial charge in [0.05, 0.1) is 11.8 Å². The number of benzene rings is 2. The molecule has 6 nitrogen and oxygen atoms in total. The summed E-state index contributed by atoms with van der Waals surface area (Å²) in [5.41, 5.74) is 10.8. The van der Waals surface area contributed by atoms with Crippen LogP contribution in [0.25, 0.3) is 0 Å². The molecule has 0 spiro atoms. The van der Waals surface area contributed by atoms with Crippen LogP contribution in [0.5, 0.6) is 0 Å². The van der Waals surface area contributed by atoms with Crippen molar-refractivity contribution in [1.82, 2.24) is 20.7 Å². The van der Waals surface area contributed by atoms with Gasteiger partial charge in [0.15, 0.2) is 0 Å². The van der Waals surface area contributed by atoms with E-state index in [1.807, 2.05) is 0 Å². The maximum Gasteiger partial charge on any atom is 0.243 e. The fourth-order valence-corrected chi connectivity index (χ4v) is 8.25. The number of nitrogens with zero attached hydrogens (tertiary/aromatic N) is 2. The summed E-state index contributed by atoms with van der Waals surface area (Å²) in [5.74, 6) is -0.141. The molecule has 4 unspecified atom stereocenters. The van der Waals surface area contributed by atoms with Gasteiger partial charge in [-0.3, -0.25) is 30.2 Å². The SMILES string of the molecule is Cc1ccc([C@H]2C[C@H]3CCC(C2C(=O)NNC(=O)C2C4CC[C@@H](C[C@H]2c2ccc(C)cc2)N4C)N3C)cc1. The Labute approximate surface area is 227 Å². The summed E-state index contributed by atoms with van der Waals surface area (Å²) in [6.45, 7) is 4.20.